The second kappa shape index (κ2) is 7.05. The number of aromatic nitrogens is 2. The fourth-order valence-electron chi connectivity index (χ4n) is 2.91. The van der Waals surface area contributed by atoms with Crippen LogP contribution >= 0.6 is 23.1 Å². The third kappa shape index (κ3) is 3.50. The Hall–Kier alpha value is -2.06. The number of hydrogen-bond donors (Lipinski definition) is 2. The summed E-state index contributed by atoms with van der Waals surface area (Å²) in [5, 5.41) is 3.40. The number of fused-ring (bicyclic) bond motifs is 2. The van der Waals surface area contributed by atoms with Gasteiger partial charge in [-0.05, 0) is 37.8 Å². The summed E-state index contributed by atoms with van der Waals surface area (Å²) in [5.74, 6) is 0.844. The van der Waals surface area contributed by atoms with Crippen LogP contribution in [0, 0.1) is 0 Å². The Bertz CT molecular complexity index is 960. The summed E-state index contributed by atoms with van der Waals surface area (Å²) in [7, 11) is 0. The normalized spacial score (nSPS) is 13.8. The van der Waals surface area contributed by atoms with Crippen LogP contribution in [0.4, 0.5) is 0 Å². The number of H-pyrrole nitrogens is 1. The molecule has 0 saturated heterocycles. The van der Waals surface area contributed by atoms with Gasteiger partial charge in [-0.2, -0.15) is 0 Å². The van der Waals surface area contributed by atoms with Crippen LogP contribution in [0.25, 0.3) is 10.3 Å². The molecule has 0 unspecified atom stereocenters. The van der Waals surface area contributed by atoms with Gasteiger partial charge in [0, 0.05) is 10.4 Å². The van der Waals surface area contributed by atoms with Crippen molar-refractivity contribution >= 4 is 39.4 Å². The number of nitrogens with zero attached hydrogens (tertiary/aromatic N) is 1. The van der Waals surface area contributed by atoms with E-state index in [1.165, 1.54) is 16.6 Å². The van der Waals surface area contributed by atoms with Crippen molar-refractivity contribution in [1.29, 1.82) is 0 Å². The second-order valence-corrected chi connectivity index (χ2v) is 7.95. The van der Waals surface area contributed by atoms with Gasteiger partial charge in [0.15, 0.2) is 5.16 Å². The molecule has 6 nitrogen and oxygen atoms in total. The maximum atomic E-state index is 12.6. The number of nitrogens with one attached hydrogen (secondary N) is 2. The lowest BCUT2D eigenvalue weighted by molar-refractivity contribution is -0.118. The minimum absolute atomic E-state index is 0.0741. The van der Waals surface area contributed by atoms with Crippen molar-refractivity contribution < 1.29 is 9.21 Å². The smallest absolute Gasteiger partial charge is 0.230 e. The molecule has 3 heterocycles. The molecule has 0 aromatic carbocycles. The lowest BCUT2D eigenvalue weighted by atomic mass is 9.98. The van der Waals surface area contributed by atoms with Gasteiger partial charge in [-0.3, -0.25) is 9.59 Å². The average Bonchev–Trinajstić information content (AvgIpc) is 3.28. The molecule has 1 aliphatic rings. The molecule has 3 aromatic rings. The molecule has 8 heteroatoms. The minimum Gasteiger partial charge on any atom is -0.467 e. The summed E-state index contributed by atoms with van der Waals surface area (Å²) in [5.41, 5.74) is 1.59. The van der Waals surface area contributed by atoms with Crippen molar-refractivity contribution in [1.82, 2.24) is 15.3 Å². The first-order chi connectivity index (χ1) is 12.2. The van der Waals surface area contributed by atoms with E-state index in [9.17, 15) is 9.59 Å². The van der Waals surface area contributed by atoms with Crippen LogP contribution in [0.3, 0.4) is 0 Å². The van der Waals surface area contributed by atoms with Crippen molar-refractivity contribution in [2.75, 3.05) is 5.75 Å². The highest BCUT2D eigenvalue weighted by Crippen LogP contribution is 2.28. The standard InChI is InChI=1S/C17H17N3O3S2/c21-13(18-8-10-4-3-7-23-10)9-24-17-19-14-15(22)11-5-1-2-6-12(11)25-16(14)20-17/h3-4,7H,1-2,5-6,8-9H2,(H,18,21)(H,19,20). The van der Waals surface area contributed by atoms with Crippen LogP contribution in [0.5, 0.6) is 0 Å². The molecule has 130 valence electrons. The molecule has 4 rings (SSSR count). The van der Waals surface area contributed by atoms with E-state index in [0.29, 0.717) is 23.0 Å². The van der Waals surface area contributed by atoms with E-state index < -0.39 is 0 Å². The minimum atomic E-state index is -0.104. The topological polar surface area (TPSA) is 88.0 Å². The monoisotopic (exact) mass is 375 g/mol. The zero-order valence-corrected chi connectivity index (χ0v) is 15.1. The SMILES string of the molecule is O=C(CSc1nc2sc3c(c(=O)c2[nH]1)CCCC3)NCc1ccco1. The Kier molecular flexibility index (Phi) is 4.63. The van der Waals surface area contributed by atoms with Crippen molar-refractivity contribution in [2.45, 2.75) is 37.4 Å². The highest BCUT2D eigenvalue weighted by molar-refractivity contribution is 7.99. The second-order valence-electron chi connectivity index (χ2n) is 5.91. The maximum absolute atomic E-state index is 12.6. The molecule has 0 aliphatic heterocycles. The fraction of sp³-hybridized carbons (Fsp3) is 0.353. The van der Waals surface area contributed by atoms with Gasteiger partial charge in [0.2, 0.25) is 11.3 Å². The van der Waals surface area contributed by atoms with E-state index in [-0.39, 0.29) is 17.1 Å². The summed E-state index contributed by atoms with van der Waals surface area (Å²) in [6.07, 6.45) is 5.61. The molecule has 0 fully saturated rings. The molecule has 2 N–H and O–H groups in total. The highest BCUT2D eigenvalue weighted by atomic mass is 32.2. The van der Waals surface area contributed by atoms with Gasteiger partial charge in [-0.1, -0.05) is 11.8 Å². The van der Waals surface area contributed by atoms with Gasteiger partial charge in [0.1, 0.15) is 16.1 Å². The first-order valence-electron chi connectivity index (χ1n) is 8.17. The zero-order chi connectivity index (χ0) is 17.2. The number of amides is 1. The van der Waals surface area contributed by atoms with Crippen molar-refractivity contribution in [3.8, 4) is 0 Å². The van der Waals surface area contributed by atoms with Crippen LogP contribution in [0.15, 0.2) is 32.8 Å². The predicted octanol–water partition coefficient (Wildman–Crippen LogP) is 2.86. The van der Waals surface area contributed by atoms with Gasteiger partial charge in [-0.25, -0.2) is 4.98 Å². The van der Waals surface area contributed by atoms with E-state index in [2.05, 4.69) is 15.3 Å². The van der Waals surface area contributed by atoms with Gasteiger partial charge in [-0.15, -0.1) is 11.3 Å². The number of imidazole rings is 1. The van der Waals surface area contributed by atoms with E-state index >= 15 is 0 Å². The third-order valence-corrected chi connectivity index (χ3v) is 6.23. The number of hydrogen-bond acceptors (Lipinski definition) is 6. The van der Waals surface area contributed by atoms with Crippen molar-refractivity contribution in [2.24, 2.45) is 0 Å². The number of aromatic amines is 1. The summed E-state index contributed by atoms with van der Waals surface area (Å²) >= 11 is 2.90. The Morgan fingerprint density at radius 3 is 3.12 bits per heavy atom. The van der Waals surface area contributed by atoms with Gasteiger partial charge in [0.05, 0.1) is 18.6 Å². The first-order valence-corrected chi connectivity index (χ1v) is 9.97. The molecular weight excluding hydrogens is 358 g/mol. The van der Waals surface area contributed by atoms with E-state index in [4.69, 9.17) is 4.42 Å². The quantitative estimate of drug-likeness (QED) is 0.670. The Morgan fingerprint density at radius 2 is 2.28 bits per heavy atom. The number of furan rings is 1. The molecule has 0 atom stereocenters. The summed E-state index contributed by atoms with van der Waals surface area (Å²) in [6, 6.07) is 3.59. The van der Waals surface area contributed by atoms with Crippen molar-refractivity contribution in [3.05, 3.63) is 44.8 Å². The van der Waals surface area contributed by atoms with Crippen LogP contribution < -0.4 is 10.7 Å². The molecule has 1 aliphatic carbocycles. The van der Waals surface area contributed by atoms with Gasteiger partial charge in [0.25, 0.3) is 0 Å². The maximum Gasteiger partial charge on any atom is 0.230 e. The molecule has 0 radical (unpaired) electrons. The first kappa shape index (κ1) is 16.4. The summed E-state index contributed by atoms with van der Waals surface area (Å²) in [4.78, 5) is 34.0. The largest absolute Gasteiger partial charge is 0.467 e. The lowest BCUT2D eigenvalue weighted by Gasteiger charge is -2.12. The number of thioether (sulfide) groups is 1. The van der Waals surface area contributed by atoms with Gasteiger partial charge < -0.3 is 14.7 Å². The van der Waals surface area contributed by atoms with Crippen LogP contribution in [-0.2, 0) is 24.2 Å². The van der Waals surface area contributed by atoms with Crippen LogP contribution in [0.1, 0.15) is 29.0 Å². The highest BCUT2D eigenvalue weighted by Gasteiger charge is 2.18. The fourth-order valence-corrected chi connectivity index (χ4v) is 4.85. The number of aryl methyl sites for hydroxylation is 1. The van der Waals surface area contributed by atoms with Gasteiger partial charge >= 0.3 is 0 Å². The lowest BCUT2D eigenvalue weighted by Crippen LogP contribution is -2.24. The molecule has 0 spiro atoms. The van der Waals surface area contributed by atoms with Crippen molar-refractivity contribution in [3.63, 3.8) is 0 Å². The number of carbonyl (C=O) groups excluding carboxylic acids is 1. The van der Waals surface area contributed by atoms with E-state index in [1.807, 2.05) is 6.07 Å². The number of rotatable bonds is 5. The Balaban J connectivity index is 1.44. The molecule has 0 bridgehead atoms. The van der Waals surface area contributed by atoms with Crippen LogP contribution in [0.2, 0.25) is 0 Å². The molecule has 25 heavy (non-hydrogen) atoms. The predicted molar refractivity (Wildman–Crippen MR) is 98.2 cm³/mol. The molecular formula is C17H17N3O3S2. The average molecular weight is 375 g/mol. The Labute approximate surface area is 152 Å². The molecule has 1 amide bonds. The van der Waals surface area contributed by atoms with Crippen LogP contribution in [-0.4, -0.2) is 21.6 Å². The number of carbonyl (C=O) groups is 1. The zero-order valence-electron chi connectivity index (χ0n) is 13.5. The molecule has 3 aromatic heterocycles. The van der Waals surface area contributed by atoms with E-state index in [1.54, 1.807) is 23.7 Å². The Morgan fingerprint density at radius 1 is 1.40 bits per heavy atom. The summed E-state index contributed by atoms with van der Waals surface area (Å²) in [6.45, 7) is 0.367. The van der Waals surface area contributed by atoms with E-state index in [0.717, 1.165) is 36.1 Å². The third-order valence-electron chi connectivity index (χ3n) is 4.17. The summed E-state index contributed by atoms with van der Waals surface area (Å²) < 4.78 is 5.18. The molecule has 0 saturated carbocycles.